The molecule has 202 valence electrons. The van der Waals surface area contributed by atoms with Crippen molar-refractivity contribution in [1.29, 1.82) is 0 Å². The van der Waals surface area contributed by atoms with Gasteiger partial charge in [0.25, 0.3) is 0 Å². The Morgan fingerprint density at radius 3 is 2.56 bits per heavy atom. The maximum Gasteiger partial charge on any atom is 0.316 e. The third-order valence-electron chi connectivity index (χ3n) is 11.3. The van der Waals surface area contributed by atoms with Crippen molar-refractivity contribution in [3.05, 3.63) is 0 Å². The topological polar surface area (TPSA) is 61.8 Å². The van der Waals surface area contributed by atoms with Crippen molar-refractivity contribution in [2.45, 2.75) is 97.2 Å². The van der Waals surface area contributed by atoms with Crippen LogP contribution in [0.4, 0.5) is 0 Å². The monoisotopic (exact) mass is 564 g/mol. The number of halogens is 1. The molecule has 10 atom stereocenters. The molecule has 0 bridgehead atoms. The predicted molar refractivity (Wildman–Crippen MR) is 143 cm³/mol. The van der Waals surface area contributed by atoms with Gasteiger partial charge in [0.15, 0.2) is 0 Å². The average Bonchev–Trinajstić information content (AvgIpc) is 3.24. The van der Waals surface area contributed by atoms with E-state index in [0.717, 1.165) is 38.5 Å². The maximum absolute atomic E-state index is 12.6. The van der Waals surface area contributed by atoms with Crippen LogP contribution in [-0.2, 0) is 23.8 Å². The summed E-state index contributed by atoms with van der Waals surface area (Å²) in [6.07, 6.45) is 16.1. The van der Waals surface area contributed by atoms with E-state index in [1.54, 1.807) is 0 Å². The Morgan fingerprint density at radius 2 is 1.86 bits per heavy atom. The quantitative estimate of drug-likeness (QED) is 0.200. The first kappa shape index (κ1) is 28.0. The number of hydrogen-bond acceptors (Lipinski definition) is 5. The van der Waals surface area contributed by atoms with Crippen LogP contribution < -0.4 is 0 Å². The van der Waals surface area contributed by atoms with Crippen molar-refractivity contribution in [3.63, 3.8) is 0 Å². The third-order valence-corrected chi connectivity index (χ3v) is 11.7. The highest BCUT2D eigenvalue weighted by Crippen LogP contribution is 2.69. The second-order valence-corrected chi connectivity index (χ2v) is 13.1. The molecule has 0 saturated heterocycles. The summed E-state index contributed by atoms with van der Waals surface area (Å²) in [7, 11) is 1.46. The SMILES string of the molecule is C#CCO[C@@H]1CC[C@@]2(C)[C@H](CC[C@@H]3[C@@H]2C[C@H](OC(=O)CBr)[C@]2(C)[C@@H]([C@H](C)CCC(=O)OC)CC[C@@H]32)C1. The second kappa shape index (κ2) is 11.4. The lowest BCUT2D eigenvalue weighted by Crippen LogP contribution is -2.59. The molecule has 5 nitrogen and oxygen atoms in total. The number of methoxy groups -OCH3 is 1. The smallest absolute Gasteiger partial charge is 0.316 e. The van der Waals surface area contributed by atoms with Crippen molar-refractivity contribution in [3.8, 4) is 12.3 Å². The molecule has 0 aromatic heterocycles. The number of terminal acetylenes is 1. The van der Waals surface area contributed by atoms with Crippen LogP contribution in [0.25, 0.3) is 0 Å². The van der Waals surface area contributed by atoms with Crippen molar-refractivity contribution >= 4 is 27.9 Å². The zero-order valence-corrected chi connectivity index (χ0v) is 24.2. The molecule has 0 aromatic carbocycles. The fourth-order valence-corrected chi connectivity index (χ4v) is 9.58. The lowest BCUT2D eigenvalue weighted by atomic mass is 9.43. The number of alkyl halides is 1. The van der Waals surface area contributed by atoms with Gasteiger partial charge in [0.2, 0.25) is 0 Å². The number of rotatable bonds is 8. The summed E-state index contributed by atoms with van der Waals surface area (Å²) in [5.41, 5.74) is 0.207. The number of carbonyl (C=O) groups excluding carboxylic acids is 2. The fraction of sp³-hybridized carbons (Fsp3) is 0.867. The molecule has 0 aromatic rings. The molecule has 0 spiro atoms. The van der Waals surface area contributed by atoms with Gasteiger partial charge in [0, 0.05) is 11.8 Å². The summed E-state index contributed by atoms with van der Waals surface area (Å²) in [5, 5.41) is 0.231. The van der Waals surface area contributed by atoms with E-state index in [0.29, 0.717) is 48.5 Å². The molecule has 36 heavy (non-hydrogen) atoms. The molecule has 0 heterocycles. The van der Waals surface area contributed by atoms with Gasteiger partial charge in [0.1, 0.15) is 18.0 Å². The van der Waals surface area contributed by atoms with Crippen molar-refractivity contribution in [1.82, 2.24) is 0 Å². The van der Waals surface area contributed by atoms with E-state index in [9.17, 15) is 9.59 Å². The minimum absolute atomic E-state index is 0.0508. The molecule has 4 rings (SSSR count). The molecular formula is C30H45BrO5. The molecular weight excluding hydrogens is 520 g/mol. The highest BCUT2D eigenvalue weighted by molar-refractivity contribution is 9.09. The summed E-state index contributed by atoms with van der Waals surface area (Å²) in [6, 6.07) is 0. The molecule has 6 heteroatoms. The zero-order valence-electron chi connectivity index (χ0n) is 22.6. The van der Waals surface area contributed by atoms with E-state index in [1.807, 2.05) is 0 Å². The Bertz CT molecular complexity index is 853. The van der Waals surface area contributed by atoms with E-state index in [-0.39, 0.29) is 40.3 Å². The largest absolute Gasteiger partial charge is 0.469 e. The Kier molecular flexibility index (Phi) is 8.82. The summed E-state index contributed by atoms with van der Waals surface area (Å²) in [6.45, 7) is 7.61. The summed E-state index contributed by atoms with van der Waals surface area (Å²) >= 11 is 3.33. The minimum Gasteiger partial charge on any atom is -0.469 e. The molecule has 0 N–H and O–H groups in total. The highest BCUT2D eigenvalue weighted by atomic mass is 79.9. The summed E-state index contributed by atoms with van der Waals surface area (Å²) < 4.78 is 17.2. The van der Waals surface area contributed by atoms with Gasteiger partial charge >= 0.3 is 11.9 Å². The Labute approximate surface area is 226 Å². The summed E-state index contributed by atoms with van der Waals surface area (Å²) in [5.74, 6) is 5.61. The van der Waals surface area contributed by atoms with Gasteiger partial charge in [0.05, 0.1) is 13.2 Å². The Hall–Kier alpha value is -1.06. The van der Waals surface area contributed by atoms with Crippen LogP contribution in [0.1, 0.15) is 85.0 Å². The number of ether oxygens (including phenoxy) is 3. The van der Waals surface area contributed by atoms with E-state index in [1.165, 1.54) is 26.4 Å². The van der Waals surface area contributed by atoms with Crippen molar-refractivity contribution in [2.24, 2.45) is 46.3 Å². The van der Waals surface area contributed by atoms with Crippen molar-refractivity contribution < 1.29 is 23.8 Å². The molecule has 0 aliphatic heterocycles. The van der Waals surface area contributed by atoms with Gasteiger partial charge in [-0.2, -0.15) is 0 Å². The van der Waals surface area contributed by atoms with Gasteiger partial charge in [-0.25, -0.2) is 0 Å². The van der Waals surface area contributed by atoms with Gasteiger partial charge in [-0.05, 0) is 98.7 Å². The molecule has 0 radical (unpaired) electrons. The first-order valence-electron chi connectivity index (χ1n) is 14.1. The van der Waals surface area contributed by atoms with Gasteiger partial charge in [-0.3, -0.25) is 9.59 Å². The zero-order chi connectivity index (χ0) is 26.1. The van der Waals surface area contributed by atoms with Crippen LogP contribution in [0.5, 0.6) is 0 Å². The van der Waals surface area contributed by atoms with Crippen LogP contribution in [0.2, 0.25) is 0 Å². The number of esters is 2. The lowest BCUT2D eigenvalue weighted by molar-refractivity contribution is -0.196. The van der Waals surface area contributed by atoms with Crippen LogP contribution in [-0.4, -0.2) is 43.2 Å². The standard InChI is InChI=1S/C30H45BrO5/c1-6-15-35-21-13-14-29(3)20(16-21)8-9-22-24-11-10-23(19(2)7-12-27(32)34-5)30(24,4)26(17-25(22)29)36-28(33)18-31/h1,19-26H,7-18H2,2-5H3/t19-,20-,21-,22+,23-,24+,25+,26+,29+,30-/m1/s1. The van der Waals surface area contributed by atoms with E-state index in [2.05, 4.69) is 42.6 Å². The molecule has 4 fully saturated rings. The summed E-state index contributed by atoms with van der Waals surface area (Å²) in [4.78, 5) is 24.5. The Morgan fingerprint density at radius 1 is 1.08 bits per heavy atom. The van der Waals surface area contributed by atoms with Crippen molar-refractivity contribution in [2.75, 3.05) is 19.0 Å². The maximum atomic E-state index is 12.6. The normalized spacial score (nSPS) is 42.3. The molecule has 4 aliphatic carbocycles. The highest BCUT2D eigenvalue weighted by Gasteiger charge is 2.65. The van der Waals surface area contributed by atoms with E-state index >= 15 is 0 Å². The molecule has 0 unspecified atom stereocenters. The number of carbonyl (C=O) groups is 2. The van der Waals surface area contributed by atoms with E-state index < -0.39 is 0 Å². The first-order chi connectivity index (χ1) is 17.2. The Balaban J connectivity index is 1.58. The van der Waals surface area contributed by atoms with Gasteiger partial charge in [-0.15, -0.1) is 6.42 Å². The molecule has 4 saturated carbocycles. The predicted octanol–water partition coefficient (Wildman–Crippen LogP) is 6.17. The average molecular weight is 566 g/mol. The van der Waals surface area contributed by atoms with Crippen LogP contribution in [0.3, 0.4) is 0 Å². The molecule has 4 aliphatic rings. The lowest BCUT2D eigenvalue weighted by Gasteiger charge is -2.63. The first-order valence-corrected chi connectivity index (χ1v) is 15.2. The third kappa shape index (κ3) is 5.00. The molecule has 0 amide bonds. The number of hydrogen-bond donors (Lipinski definition) is 0. The minimum atomic E-state index is -0.157. The van der Waals surface area contributed by atoms with Crippen LogP contribution >= 0.6 is 15.9 Å². The fourth-order valence-electron chi connectivity index (χ4n) is 9.45. The second-order valence-electron chi connectivity index (χ2n) is 12.6. The number of fused-ring (bicyclic) bond motifs is 5. The van der Waals surface area contributed by atoms with Gasteiger partial charge < -0.3 is 14.2 Å². The van der Waals surface area contributed by atoms with Crippen LogP contribution in [0.15, 0.2) is 0 Å². The van der Waals surface area contributed by atoms with Crippen LogP contribution in [0, 0.1) is 58.7 Å². The van der Waals surface area contributed by atoms with E-state index in [4.69, 9.17) is 20.6 Å². The van der Waals surface area contributed by atoms with Gasteiger partial charge in [-0.1, -0.05) is 42.6 Å².